The highest BCUT2D eigenvalue weighted by Gasteiger charge is 2.23. The van der Waals surface area contributed by atoms with Gasteiger partial charge >= 0.3 is 11.9 Å². The normalized spacial score (nSPS) is 11.0. The third-order valence-corrected chi connectivity index (χ3v) is 5.73. The van der Waals surface area contributed by atoms with Crippen molar-refractivity contribution >= 4 is 39.5 Å². The summed E-state index contributed by atoms with van der Waals surface area (Å²) in [7, 11) is 0. The van der Waals surface area contributed by atoms with E-state index in [1.54, 1.807) is 73.9 Å². The minimum atomic E-state index is -0.626. The highest BCUT2D eigenvalue weighted by Crippen LogP contribution is 2.21. The lowest BCUT2D eigenvalue weighted by Crippen LogP contribution is -2.21. The molecule has 0 bridgehead atoms. The Bertz CT molecular complexity index is 1430. The largest absolute Gasteiger partial charge is 0.462 e. The van der Waals surface area contributed by atoms with Crippen LogP contribution < -0.4 is 5.43 Å². The maximum absolute atomic E-state index is 12.8. The molecular formula is C26H24N2O6. The number of Topliss-reactive ketones (excluding diaryl/α,β-unsaturated/α-hetero) is 1. The van der Waals surface area contributed by atoms with E-state index in [-0.39, 0.29) is 24.3 Å². The van der Waals surface area contributed by atoms with Crippen molar-refractivity contribution < 1.29 is 23.9 Å². The number of H-pyrrole nitrogens is 1. The molecule has 0 aliphatic carbocycles. The lowest BCUT2D eigenvalue weighted by atomic mass is 10.1. The van der Waals surface area contributed by atoms with Crippen molar-refractivity contribution in [1.82, 2.24) is 9.55 Å². The zero-order valence-corrected chi connectivity index (χ0v) is 19.1. The molecule has 0 fully saturated rings. The maximum atomic E-state index is 12.8. The number of para-hydroxylation sites is 2. The van der Waals surface area contributed by atoms with E-state index < -0.39 is 24.3 Å². The van der Waals surface area contributed by atoms with E-state index in [1.807, 2.05) is 0 Å². The van der Waals surface area contributed by atoms with E-state index in [9.17, 15) is 19.2 Å². The first-order valence-corrected chi connectivity index (χ1v) is 10.9. The number of rotatable bonds is 7. The van der Waals surface area contributed by atoms with Crippen LogP contribution in [-0.4, -0.2) is 40.5 Å². The third kappa shape index (κ3) is 4.10. The van der Waals surface area contributed by atoms with Gasteiger partial charge in [0, 0.05) is 16.5 Å². The number of hydrogen-bond donors (Lipinski definition) is 1. The van der Waals surface area contributed by atoms with E-state index in [1.165, 1.54) is 0 Å². The minimum Gasteiger partial charge on any atom is -0.462 e. The summed E-state index contributed by atoms with van der Waals surface area (Å²) < 4.78 is 12.0. The second-order valence-corrected chi connectivity index (χ2v) is 7.88. The van der Waals surface area contributed by atoms with Gasteiger partial charge in [-0.3, -0.25) is 14.4 Å². The SMILES string of the molecule is CCOC(=O)c1c(C)[nH]c(C(=O)COC(=O)Cn2c3ccccc3c(=O)c3ccccc32)c1C. The Balaban J connectivity index is 1.56. The average Bonchev–Trinajstić information content (AvgIpc) is 3.14. The fourth-order valence-electron chi connectivity index (χ4n) is 4.18. The summed E-state index contributed by atoms with van der Waals surface area (Å²) in [6.07, 6.45) is 0. The molecule has 0 aliphatic heterocycles. The smallest absolute Gasteiger partial charge is 0.340 e. The number of nitrogens with zero attached hydrogens (tertiary/aromatic N) is 1. The molecule has 4 rings (SSSR count). The number of carbonyl (C=O) groups is 3. The number of hydrogen-bond acceptors (Lipinski definition) is 6. The van der Waals surface area contributed by atoms with Gasteiger partial charge in [-0.15, -0.1) is 0 Å². The highest BCUT2D eigenvalue weighted by molar-refractivity contribution is 6.02. The maximum Gasteiger partial charge on any atom is 0.340 e. The summed E-state index contributed by atoms with van der Waals surface area (Å²) in [4.78, 5) is 53.3. The van der Waals surface area contributed by atoms with Crippen LogP contribution in [-0.2, 0) is 20.8 Å². The van der Waals surface area contributed by atoms with Gasteiger partial charge in [-0.2, -0.15) is 0 Å². The molecule has 8 heteroatoms. The molecule has 0 saturated carbocycles. The molecule has 0 atom stereocenters. The molecule has 0 aliphatic rings. The number of esters is 2. The van der Waals surface area contributed by atoms with Crippen LogP contribution in [0.15, 0.2) is 53.3 Å². The molecule has 0 unspecified atom stereocenters. The molecule has 34 heavy (non-hydrogen) atoms. The molecule has 0 radical (unpaired) electrons. The van der Waals surface area contributed by atoms with Crippen molar-refractivity contribution in [2.24, 2.45) is 0 Å². The topological polar surface area (TPSA) is 107 Å². The number of aryl methyl sites for hydroxylation is 1. The van der Waals surface area contributed by atoms with Gasteiger partial charge < -0.3 is 19.0 Å². The van der Waals surface area contributed by atoms with E-state index >= 15 is 0 Å². The molecular weight excluding hydrogens is 436 g/mol. The van der Waals surface area contributed by atoms with Crippen LogP contribution in [0.4, 0.5) is 0 Å². The highest BCUT2D eigenvalue weighted by atomic mass is 16.5. The number of benzene rings is 2. The number of nitrogens with one attached hydrogen (secondary N) is 1. The Kier molecular flexibility index (Phi) is 6.32. The fraction of sp³-hybridized carbons (Fsp3) is 0.231. The van der Waals surface area contributed by atoms with Crippen molar-refractivity contribution in [1.29, 1.82) is 0 Å². The summed E-state index contributed by atoms with van der Waals surface area (Å²) in [6, 6.07) is 14.1. The lowest BCUT2D eigenvalue weighted by Gasteiger charge is -2.14. The first-order chi connectivity index (χ1) is 16.3. The van der Waals surface area contributed by atoms with Gasteiger partial charge in [0.2, 0.25) is 5.78 Å². The minimum absolute atomic E-state index is 0.110. The van der Waals surface area contributed by atoms with Gasteiger partial charge in [-0.1, -0.05) is 24.3 Å². The number of pyridine rings is 1. The van der Waals surface area contributed by atoms with Crippen LogP contribution in [0.1, 0.15) is 39.0 Å². The Labute approximate surface area is 195 Å². The van der Waals surface area contributed by atoms with Crippen molar-refractivity contribution in [3.05, 3.63) is 81.3 Å². The van der Waals surface area contributed by atoms with Crippen LogP contribution in [0.5, 0.6) is 0 Å². The standard InChI is InChI=1S/C26H24N2O6/c1-4-33-26(32)23-15(2)24(27-16(23)3)21(29)14-34-22(30)13-28-19-11-7-5-9-17(19)25(31)18-10-6-8-12-20(18)28/h5-12,27H,4,13-14H2,1-3H3. The number of carbonyl (C=O) groups excluding carboxylic acids is 3. The van der Waals surface area contributed by atoms with Gasteiger partial charge in [0.25, 0.3) is 0 Å². The number of aromatic amines is 1. The van der Waals surface area contributed by atoms with Crippen LogP contribution in [0.25, 0.3) is 21.8 Å². The zero-order chi connectivity index (χ0) is 24.4. The Morgan fingerprint density at radius 2 is 1.50 bits per heavy atom. The predicted octanol–water partition coefficient (Wildman–Crippen LogP) is 3.70. The van der Waals surface area contributed by atoms with E-state index in [4.69, 9.17) is 9.47 Å². The predicted molar refractivity (Wildman–Crippen MR) is 127 cm³/mol. The van der Waals surface area contributed by atoms with Crippen LogP contribution in [0.3, 0.4) is 0 Å². The molecule has 1 N–H and O–H groups in total. The van der Waals surface area contributed by atoms with Crippen molar-refractivity contribution in [3.8, 4) is 0 Å². The Morgan fingerprint density at radius 3 is 2.09 bits per heavy atom. The van der Waals surface area contributed by atoms with Gasteiger partial charge in [0.1, 0.15) is 6.54 Å². The molecule has 174 valence electrons. The third-order valence-electron chi connectivity index (χ3n) is 5.73. The lowest BCUT2D eigenvalue weighted by molar-refractivity contribution is -0.143. The van der Waals surface area contributed by atoms with E-state index in [2.05, 4.69) is 4.98 Å². The molecule has 2 heterocycles. The van der Waals surface area contributed by atoms with E-state index in [0.29, 0.717) is 38.6 Å². The van der Waals surface area contributed by atoms with Crippen LogP contribution in [0, 0.1) is 13.8 Å². The van der Waals surface area contributed by atoms with Crippen molar-refractivity contribution in [2.45, 2.75) is 27.3 Å². The van der Waals surface area contributed by atoms with E-state index in [0.717, 1.165) is 0 Å². The van der Waals surface area contributed by atoms with Crippen molar-refractivity contribution in [2.75, 3.05) is 13.2 Å². The summed E-state index contributed by atoms with van der Waals surface area (Å²) in [5.41, 5.74) is 2.57. The number of ether oxygens (including phenoxy) is 2. The number of aromatic nitrogens is 2. The summed E-state index contributed by atoms with van der Waals surface area (Å²) >= 11 is 0. The Hall–Kier alpha value is -4.20. The first-order valence-electron chi connectivity index (χ1n) is 10.9. The summed E-state index contributed by atoms with van der Waals surface area (Å²) in [5, 5.41) is 0.989. The molecule has 0 saturated heterocycles. The number of ketones is 1. The quantitative estimate of drug-likeness (QED) is 0.256. The molecule has 0 amide bonds. The fourth-order valence-corrected chi connectivity index (χ4v) is 4.18. The average molecular weight is 460 g/mol. The van der Waals surface area contributed by atoms with Gasteiger partial charge in [-0.25, -0.2) is 4.79 Å². The van der Waals surface area contributed by atoms with Crippen LogP contribution in [0.2, 0.25) is 0 Å². The number of fused-ring (bicyclic) bond motifs is 2. The van der Waals surface area contributed by atoms with Crippen molar-refractivity contribution in [3.63, 3.8) is 0 Å². The Morgan fingerprint density at radius 1 is 0.912 bits per heavy atom. The summed E-state index contributed by atoms with van der Waals surface area (Å²) in [6.45, 7) is 4.58. The zero-order valence-electron chi connectivity index (χ0n) is 19.1. The van der Waals surface area contributed by atoms with Gasteiger partial charge in [0.15, 0.2) is 12.0 Å². The summed E-state index contributed by atoms with van der Waals surface area (Å²) in [5.74, 6) is -1.60. The van der Waals surface area contributed by atoms with Gasteiger partial charge in [0.05, 0.1) is 28.9 Å². The molecule has 8 nitrogen and oxygen atoms in total. The van der Waals surface area contributed by atoms with Gasteiger partial charge in [-0.05, 0) is 50.6 Å². The monoisotopic (exact) mass is 460 g/mol. The first kappa shape index (κ1) is 23.0. The second kappa shape index (κ2) is 9.35. The molecule has 4 aromatic rings. The molecule has 0 spiro atoms. The molecule has 2 aromatic carbocycles. The molecule has 2 aromatic heterocycles. The second-order valence-electron chi connectivity index (χ2n) is 7.88. The van der Waals surface area contributed by atoms with Crippen LogP contribution >= 0.6 is 0 Å².